The Balaban J connectivity index is 2.07. The van der Waals surface area contributed by atoms with Crippen molar-refractivity contribution in [3.63, 3.8) is 0 Å². The lowest BCUT2D eigenvalue weighted by Gasteiger charge is -2.18. The van der Waals surface area contributed by atoms with Crippen LogP contribution in [0.15, 0.2) is 0 Å². The lowest BCUT2D eigenvalue weighted by molar-refractivity contribution is 0.0794. The maximum Gasteiger partial charge on any atom is 0.166 e. The SMILES string of the molecule is CCOC(C)CNC(=S)NC1CCCC1. The Hall–Kier alpha value is -0.350. The summed E-state index contributed by atoms with van der Waals surface area (Å²) in [5.41, 5.74) is 0. The number of thiocarbonyl (C=S) groups is 1. The molecule has 0 heterocycles. The first-order valence-electron chi connectivity index (χ1n) is 5.88. The zero-order valence-electron chi connectivity index (χ0n) is 9.71. The summed E-state index contributed by atoms with van der Waals surface area (Å²) in [6.07, 6.45) is 5.38. The van der Waals surface area contributed by atoms with E-state index >= 15 is 0 Å². The summed E-state index contributed by atoms with van der Waals surface area (Å²) in [5.74, 6) is 0. The van der Waals surface area contributed by atoms with Crippen molar-refractivity contribution in [2.45, 2.75) is 51.7 Å². The number of hydrogen-bond donors (Lipinski definition) is 2. The Bertz CT molecular complexity index is 193. The molecular weight excluding hydrogens is 208 g/mol. The Morgan fingerprint density at radius 2 is 2.13 bits per heavy atom. The molecule has 4 heteroatoms. The molecule has 0 aromatic carbocycles. The molecule has 15 heavy (non-hydrogen) atoms. The van der Waals surface area contributed by atoms with Crippen LogP contribution in [0.2, 0.25) is 0 Å². The first kappa shape index (κ1) is 12.7. The van der Waals surface area contributed by atoms with Crippen molar-refractivity contribution in [3.8, 4) is 0 Å². The molecule has 3 nitrogen and oxygen atoms in total. The fourth-order valence-electron chi connectivity index (χ4n) is 1.89. The molecule has 0 bridgehead atoms. The Labute approximate surface area is 98.0 Å². The molecule has 0 aromatic heterocycles. The zero-order chi connectivity index (χ0) is 11.1. The highest BCUT2D eigenvalue weighted by atomic mass is 32.1. The number of rotatable bonds is 5. The van der Waals surface area contributed by atoms with Crippen molar-refractivity contribution in [1.82, 2.24) is 10.6 Å². The van der Waals surface area contributed by atoms with Gasteiger partial charge in [-0.3, -0.25) is 0 Å². The first-order valence-corrected chi connectivity index (χ1v) is 6.29. The Kier molecular flexibility index (Phi) is 5.95. The molecule has 0 spiro atoms. The van der Waals surface area contributed by atoms with Crippen molar-refractivity contribution in [2.24, 2.45) is 0 Å². The van der Waals surface area contributed by atoms with E-state index in [0.29, 0.717) is 6.04 Å². The minimum atomic E-state index is 0.221. The van der Waals surface area contributed by atoms with Gasteiger partial charge in [0.05, 0.1) is 6.10 Å². The van der Waals surface area contributed by atoms with E-state index < -0.39 is 0 Å². The topological polar surface area (TPSA) is 33.3 Å². The van der Waals surface area contributed by atoms with E-state index in [2.05, 4.69) is 17.6 Å². The van der Waals surface area contributed by atoms with Gasteiger partial charge >= 0.3 is 0 Å². The number of hydrogen-bond acceptors (Lipinski definition) is 2. The third-order valence-electron chi connectivity index (χ3n) is 2.69. The van der Waals surface area contributed by atoms with Crippen molar-refractivity contribution in [3.05, 3.63) is 0 Å². The van der Waals surface area contributed by atoms with Crippen LogP contribution in [0, 0.1) is 0 Å². The summed E-state index contributed by atoms with van der Waals surface area (Å²) in [6.45, 7) is 5.60. The van der Waals surface area contributed by atoms with Crippen LogP contribution in [0.25, 0.3) is 0 Å². The molecule has 1 aliphatic rings. The van der Waals surface area contributed by atoms with Gasteiger partial charge in [0, 0.05) is 19.2 Å². The predicted octanol–water partition coefficient (Wildman–Crippen LogP) is 1.82. The van der Waals surface area contributed by atoms with E-state index in [1.165, 1.54) is 25.7 Å². The van der Waals surface area contributed by atoms with Crippen LogP contribution >= 0.6 is 12.2 Å². The second kappa shape index (κ2) is 7.01. The van der Waals surface area contributed by atoms with Crippen molar-refractivity contribution in [2.75, 3.05) is 13.2 Å². The van der Waals surface area contributed by atoms with Crippen LogP contribution < -0.4 is 10.6 Å². The highest BCUT2D eigenvalue weighted by molar-refractivity contribution is 7.80. The molecule has 0 aromatic rings. The molecule has 1 rings (SSSR count). The summed E-state index contributed by atoms with van der Waals surface area (Å²) >= 11 is 5.22. The molecular formula is C11H22N2OS. The second-order valence-electron chi connectivity index (χ2n) is 4.10. The maximum absolute atomic E-state index is 5.41. The van der Waals surface area contributed by atoms with Crippen LogP contribution in [0.4, 0.5) is 0 Å². The summed E-state index contributed by atoms with van der Waals surface area (Å²) in [7, 11) is 0. The molecule has 0 radical (unpaired) electrons. The lowest BCUT2D eigenvalue weighted by atomic mass is 10.3. The fourth-order valence-corrected chi connectivity index (χ4v) is 2.14. The lowest BCUT2D eigenvalue weighted by Crippen LogP contribution is -2.43. The van der Waals surface area contributed by atoms with Crippen LogP contribution in [0.3, 0.4) is 0 Å². The van der Waals surface area contributed by atoms with Gasteiger partial charge in [0.1, 0.15) is 0 Å². The summed E-state index contributed by atoms with van der Waals surface area (Å²) in [6, 6.07) is 0.590. The first-order chi connectivity index (χ1) is 7.22. The second-order valence-corrected chi connectivity index (χ2v) is 4.51. The average Bonchev–Trinajstić information content (AvgIpc) is 2.68. The monoisotopic (exact) mass is 230 g/mol. The van der Waals surface area contributed by atoms with E-state index in [1.54, 1.807) is 0 Å². The van der Waals surface area contributed by atoms with Gasteiger partial charge in [0.15, 0.2) is 5.11 Å². The Morgan fingerprint density at radius 1 is 1.47 bits per heavy atom. The van der Waals surface area contributed by atoms with E-state index in [0.717, 1.165) is 18.3 Å². The largest absolute Gasteiger partial charge is 0.377 e. The molecule has 1 saturated carbocycles. The predicted molar refractivity (Wildman–Crippen MR) is 67.1 cm³/mol. The minimum absolute atomic E-state index is 0.221. The Morgan fingerprint density at radius 3 is 2.73 bits per heavy atom. The van der Waals surface area contributed by atoms with Crippen molar-refractivity contribution < 1.29 is 4.74 Å². The zero-order valence-corrected chi connectivity index (χ0v) is 10.5. The smallest absolute Gasteiger partial charge is 0.166 e. The van der Waals surface area contributed by atoms with Crippen molar-refractivity contribution in [1.29, 1.82) is 0 Å². The molecule has 88 valence electrons. The van der Waals surface area contributed by atoms with Gasteiger partial charge in [-0.15, -0.1) is 0 Å². The molecule has 1 fully saturated rings. The van der Waals surface area contributed by atoms with Crippen LogP contribution in [0.1, 0.15) is 39.5 Å². The van der Waals surface area contributed by atoms with Gasteiger partial charge in [-0.05, 0) is 38.9 Å². The van der Waals surface area contributed by atoms with Crippen molar-refractivity contribution >= 4 is 17.3 Å². The average molecular weight is 230 g/mol. The normalized spacial score (nSPS) is 18.8. The van der Waals surface area contributed by atoms with Crippen LogP contribution in [-0.4, -0.2) is 30.4 Å². The highest BCUT2D eigenvalue weighted by Gasteiger charge is 2.15. The molecule has 1 atom stereocenters. The van der Waals surface area contributed by atoms with Gasteiger partial charge < -0.3 is 15.4 Å². The van der Waals surface area contributed by atoms with Gasteiger partial charge in [-0.25, -0.2) is 0 Å². The van der Waals surface area contributed by atoms with Gasteiger partial charge in [0.25, 0.3) is 0 Å². The number of ether oxygens (including phenoxy) is 1. The molecule has 2 N–H and O–H groups in total. The molecule has 0 saturated heterocycles. The number of nitrogens with one attached hydrogen (secondary N) is 2. The third kappa shape index (κ3) is 5.33. The van der Waals surface area contributed by atoms with Crippen LogP contribution in [0.5, 0.6) is 0 Å². The molecule has 0 amide bonds. The summed E-state index contributed by atoms with van der Waals surface area (Å²) in [4.78, 5) is 0. The van der Waals surface area contributed by atoms with Gasteiger partial charge in [-0.1, -0.05) is 12.8 Å². The molecule has 1 aliphatic carbocycles. The van der Waals surface area contributed by atoms with Crippen LogP contribution in [-0.2, 0) is 4.74 Å². The van der Waals surface area contributed by atoms with E-state index in [1.807, 2.05) is 6.92 Å². The highest BCUT2D eigenvalue weighted by Crippen LogP contribution is 2.17. The van der Waals surface area contributed by atoms with Gasteiger partial charge in [-0.2, -0.15) is 0 Å². The maximum atomic E-state index is 5.41. The van der Waals surface area contributed by atoms with E-state index in [9.17, 15) is 0 Å². The standard InChI is InChI=1S/C11H22N2OS/c1-3-14-9(2)8-12-11(15)13-10-6-4-5-7-10/h9-10H,3-8H2,1-2H3,(H2,12,13,15). The van der Waals surface area contributed by atoms with E-state index in [4.69, 9.17) is 17.0 Å². The van der Waals surface area contributed by atoms with Gasteiger partial charge in [0.2, 0.25) is 0 Å². The molecule has 0 aliphatic heterocycles. The third-order valence-corrected chi connectivity index (χ3v) is 2.95. The molecule has 1 unspecified atom stereocenters. The summed E-state index contributed by atoms with van der Waals surface area (Å²) < 4.78 is 5.41. The minimum Gasteiger partial charge on any atom is -0.377 e. The summed E-state index contributed by atoms with van der Waals surface area (Å²) in [5, 5.41) is 7.30. The quantitative estimate of drug-likeness (QED) is 0.706. The van der Waals surface area contributed by atoms with E-state index in [-0.39, 0.29) is 6.10 Å². The fraction of sp³-hybridized carbons (Fsp3) is 0.909.